The molecule has 0 unspecified atom stereocenters. The topological polar surface area (TPSA) is 138 Å². The van der Waals surface area contributed by atoms with Crippen LogP contribution in [0.4, 0.5) is 23.8 Å². The minimum atomic E-state index is -4.65. The Morgan fingerprint density at radius 1 is 1.11 bits per heavy atom. The summed E-state index contributed by atoms with van der Waals surface area (Å²) in [7, 11) is 0. The summed E-state index contributed by atoms with van der Waals surface area (Å²) in [5.41, 5.74) is -1.71. The van der Waals surface area contributed by atoms with Crippen molar-refractivity contribution >= 4 is 11.9 Å². The van der Waals surface area contributed by atoms with E-state index in [-0.39, 0.29) is 24.5 Å². The van der Waals surface area contributed by atoms with Gasteiger partial charge in [0.05, 0.1) is 31.1 Å². The molecule has 4 atom stereocenters. The van der Waals surface area contributed by atoms with Gasteiger partial charge in [-0.1, -0.05) is 0 Å². The smallest absolute Gasteiger partial charge is 0.434 e. The number of amides is 1. The molecule has 1 amide bonds. The van der Waals surface area contributed by atoms with Crippen LogP contribution in [0.25, 0.3) is 0 Å². The number of rotatable bonds is 6. The van der Waals surface area contributed by atoms with Gasteiger partial charge in [0, 0.05) is 18.6 Å². The summed E-state index contributed by atoms with van der Waals surface area (Å²) in [5.74, 6) is -0.173. The molecule has 1 aliphatic carbocycles. The van der Waals surface area contributed by atoms with E-state index >= 15 is 0 Å². The van der Waals surface area contributed by atoms with Crippen LogP contribution < -0.4 is 16.0 Å². The molecule has 1 saturated carbocycles. The normalized spacial score (nSPS) is 29.9. The molecule has 1 aliphatic heterocycles. The van der Waals surface area contributed by atoms with E-state index in [1.165, 1.54) is 0 Å². The van der Waals surface area contributed by atoms with Crippen LogP contribution in [0, 0.1) is 0 Å². The molecule has 13 heteroatoms. The molecule has 198 valence electrons. The van der Waals surface area contributed by atoms with Crippen molar-refractivity contribution in [3.8, 4) is 0 Å². The monoisotopic (exact) mass is 505 g/mol. The number of carbonyl (C=O) groups excluding carboxylic acids is 1. The molecule has 3 rings (SSSR count). The lowest BCUT2D eigenvalue weighted by Crippen LogP contribution is -2.58. The van der Waals surface area contributed by atoms with E-state index in [1.54, 1.807) is 0 Å². The summed E-state index contributed by atoms with van der Waals surface area (Å²) in [6.07, 6.45) is -3.41. The number of anilines is 1. The molecule has 1 aromatic heterocycles. The van der Waals surface area contributed by atoms with Gasteiger partial charge in [0.15, 0.2) is 5.69 Å². The van der Waals surface area contributed by atoms with Gasteiger partial charge in [-0.3, -0.25) is 4.98 Å². The van der Waals surface area contributed by atoms with Gasteiger partial charge in [-0.15, -0.1) is 0 Å². The Balaban J connectivity index is 1.41. The fourth-order valence-corrected chi connectivity index (χ4v) is 4.15. The van der Waals surface area contributed by atoms with Crippen molar-refractivity contribution < 1.29 is 37.7 Å². The Kier molecular flexibility index (Phi) is 8.78. The highest BCUT2D eigenvalue weighted by Gasteiger charge is 2.39. The second-order valence-corrected chi connectivity index (χ2v) is 9.99. The van der Waals surface area contributed by atoms with Gasteiger partial charge in [-0.2, -0.15) is 13.2 Å². The van der Waals surface area contributed by atoms with E-state index in [0.29, 0.717) is 12.7 Å². The molecule has 5 N–H and O–H groups in total. The summed E-state index contributed by atoms with van der Waals surface area (Å²) in [5, 5.41) is 29.9. The summed E-state index contributed by atoms with van der Waals surface area (Å²) in [6, 6.07) is -0.656. The van der Waals surface area contributed by atoms with E-state index in [4.69, 9.17) is 9.47 Å². The largest absolute Gasteiger partial charge is 0.444 e. The van der Waals surface area contributed by atoms with Gasteiger partial charge in [0.2, 0.25) is 0 Å². The number of halogens is 3. The Labute approximate surface area is 202 Å². The van der Waals surface area contributed by atoms with Gasteiger partial charge in [0.25, 0.3) is 0 Å². The molecule has 1 saturated heterocycles. The maximum Gasteiger partial charge on any atom is 0.434 e. The van der Waals surface area contributed by atoms with Crippen molar-refractivity contribution in [2.75, 3.05) is 18.5 Å². The van der Waals surface area contributed by atoms with Gasteiger partial charge in [-0.05, 0) is 46.5 Å². The van der Waals surface area contributed by atoms with Crippen LogP contribution in [0.5, 0.6) is 0 Å². The zero-order chi connectivity index (χ0) is 25.8. The predicted molar refractivity (Wildman–Crippen MR) is 120 cm³/mol. The third-order valence-corrected chi connectivity index (χ3v) is 5.95. The summed E-state index contributed by atoms with van der Waals surface area (Å²) in [6.45, 7) is 5.69. The number of aliphatic hydroxyl groups excluding tert-OH is 2. The van der Waals surface area contributed by atoms with Crippen molar-refractivity contribution in [1.29, 1.82) is 0 Å². The Hall–Kier alpha value is -2.22. The van der Waals surface area contributed by atoms with Crippen LogP contribution in [-0.2, 0) is 15.7 Å². The standard InChI is InChI=1S/C22H34F3N5O5/c1-21(2,3)35-20(33)28-13-6-4-12(5-7-13)27-8-15-19(32)18(31)14(11-34-15)29-17-10-26-9-16(30-17)22(23,24)25/h9-10,12-15,18-19,27,31-32H,4-8,11H2,1-3H3,(H,28,33)(H,29,30)/t12?,13?,14-,15+,18+,19-/m0/s1. The summed E-state index contributed by atoms with van der Waals surface area (Å²) >= 11 is 0. The third kappa shape index (κ3) is 8.16. The number of aromatic nitrogens is 2. The Morgan fingerprint density at radius 2 is 1.77 bits per heavy atom. The second-order valence-electron chi connectivity index (χ2n) is 9.99. The second kappa shape index (κ2) is 11.2. The van der Waals surface area contributed by atoms with Gasteiger partial charge in [-0.25, -0.2) is 9.78 Å². The summed E-state index contributed by atoms with van der Waals surface area (Å²) in [4.78, 5) is 18.9. The van der Waals surface area contributed by atoms with Crippen molar-refractivity contribution in [2.45, 2.75) is 94.7 Å². The average molecular weight is 506 g/mol. The number of hydrogen-bond donors (Lipinski definition) is 5. The number of alkyl halides is 3. The van der Waals surface area contributed by atoms with Crippen molar-refractivity contribution in [3.63, 3.8) is 0 Å². The van der Waals surface area contributed by atoms with E-state index in [0.717, 1.165) is 31.9 Å². The van der Waals surface area contributed by atoms with Crippen LogP contribution in [0.1, 0.15) is 52.1 Å². The average Bonchev–Trinajstić information content (AvgIpc) is 2.76. The van der Waals surface area contributed by atoms with Crippen LogP contribution in [0.3, 0.4) is 0 Å². The molecule has 0 aromatic carbocycles. The van der Waals surface area contributed by atoms with Gasteiger partial charge >= 0.3 is 12.3 Å². The van der Waals surface area contributed by atoms with Crippen LogP contribution in [0.2, 0.25) is 0 Å². The molecule has 2 aliphatic rings. The molecule has 0 radical (unpaired) electrons. The number of ether oxygens (including phenoxy) is 2. The lowest BCUT2D eigenvalue weighted by Gasteiger charge is -2.39. The molecule has 10 nitrogen and oxygen atoms in total. The first-order valence-electron chi connectivity index (χ1n) is 11.7. The minimum Gasteiger partial charge on any atom is -0.444 e. The lowest BCUT2D eigenvalue weighted by atomic mass is 9.90. The maximum absolute atomic E-state index is 12.8. The van der Waals surface area contributed by atoms with E-state index in [2.05, 4.69) is 25.9 Å². The fourth-order valence-electron chi connectivity index (χ4n) is 4.15. The number of nitrogens with one attached hydrogen (secondary N) is 3. The highest BCUT2D eigenvalue weighted by Crippen LogP contribution is 2.28. The first-order valence-corrected chi connectivity index (χ1v) is 11.7. The molecule has 2 heterocycles. The maximum atomic E-state index is 12.8. The van der Waals surface area contributed by atoms with Crippen LogP contribution in [0.15, 0.2) is 12.4 Å². The van der Waals surface area contributed by atoms with E-state index in [9.17, 15) is 28.2 Å². The molecule has 0 bridgehead atoms. The first kappa shape index (κ1) is 27.4. The number of nitrogens with zero attached hydrogens (tertiary/aromatic N) is 2. The molecule has 2 fully saturated rings. The van der Waals surface area contributed by atoms with Gasteiger partial charge in [0.1, 0.15) is 23.6 Å². The van der Waals surface area contributed by atoms with E-state index in [1.807, 2.05) is 20.8 Å². The van der Waals surface area contributed by atoms with E-state index < -0.39 is 47.9 Å². The summed E-state index contributed by atoms with van der Waals surface area (Å²) < 4.78 is 49.5. The van der Waals surface area contributed by atoms with Crippen molar-refractivity contribution in [1.82, 2.24) is 20.6 Å². The highest BCUT2D eigenvalue weighted by molar-refractivity contribution is 5.68. The third-order valence-electron chi connectivity index (χ3n) is 5.95. The predicted octanol–water partition coefficient (Wildman–Crippen LogP) is 1.82. The zero-order valence-corrected chi connectivity index (χ0v) is 20.0. The SMILES string of the molecule is CC(C)(C)OC(=O)NC1CCC(NC[C@H]2OC[C@H](Nc3cncc(C(F)(F)F)n3)[C@@H](O)[C@H]2O)CC1. The lowest BCUT2D eigenvalue weighted by molar-refractivity contribution is -0.141. The zero-order valence-electron chi connectivity index (χ0n) is 20.0. The van der Waals surface area contributed by atoms with Crippen molar-refractivity contribution in [3.05, 3.63) is 18.1 Å². The number of aliphatic hydroxyl groups is 2. The quantitative estimate of drug-likeness (QED) is 0.392. The van der Waals surface area contributed by atoms with Crippen LogP contribution >= 0.6 is 0 Å². The van der Waals surface area contributed by atoms with Crippen LogP contribution in [-0.4, -0.2) is 81.5 Å². The molecule has 0 spiro atoms. The number of hydrogen-bond acceptors (Lipinski definition) is 9. The first-order chi connectivity index (χ1) is 16.3. The van der Waals surface area contributed by atoms with Gasteiger partial charge < -0.3 is 35.6 Å². The minimum absolute atomic E-state index is 0.0327. The van der Waals surface area contributed by atoms with Crippen molar-refractivity contribution in [2.24, 2.45) is 0 Å². The Bertz CT molecular complexity index is 846. The fraction of sp³-hybridized carbons (Fsp3) is 0.773. The molecular formula is C22H34F3N5O5. The molecule has 1 aromatic rings. The molecular weight excluding hydrogens is 471 g/mol. The number of alkyl carbamates (subject to hydrolysis) is 1. The molecule has 35 heavy (non-hydrogen) atoms. The Morgan fingerprint density at radius 3 is 2.40 bits per heavy atom. The highest BCUT2D eigenvalue weighted by atomic mass is 19.4. The number of carbonyl (C=O) groups is 1.